The van der Waals surface area contributed by atoms with Crippen molar-refractivity contribution in [3.8, 4) is 0 Å². The lowest BCUT2D eigenvalue weighted by Crippen LogP contribution is -2.50. The van der Waals surface area contributed by atoms with Gasteiger partial charge in [-0.25, -0.2) is 0 Å². The van der Waals surface area contributed by atoms with Crippen LogP contribution in [0.25, 0.3) is 0 Å². The van der Waals surface area contributed by atoms with Crippen LogP contribution in [0.1, 0.15) is 79.1 Å². The normalized spacial score (nSPS) is 18.8. The Bertz CT molecular complexity index is 959. The van der Waals surface area contributed by atoms with Crippen LogP contribution in [0.15, 0.2) is 23.2 Å². The molecule has 43 heavy (non-hydrogen) atoms. The van der Waals surface area contributed by atoms with Crippen LogP contribution in [-0.2, 0) is 27.8 Å². The van der Waals surface area contributed by atoms with Gasteiger partial charge in [0.05, 0.1) is 31.9 Å². The quantitative estimate of drug-likeness (QED) is 0.0693. The van der Waals surface area contributed by atoms with Crippen molar-refractivity contribution in [3.05, 3.63) is 23.2 Å². The molecule has 4 rings (SSSR count). The molecule has 248 valence electrons. The number of carbonyl (C=O) groups is 2. The predicted molar refractivity (Wildman–Crippen MR) is 169 cm³/mol. The minimum Gasteiger partial charge on any atom is -0.365 e. The maximum atomic E-state index is 12.4. The molecular weight excluding hydrogens is 594 g/mol. The zero-order valence-corrected chi connectivity index (χ0v) is 28.6. The third-order valence-electron chi connectivity index (χ3n) is 7.80. The molecule has 1 aliphatic carbocycles. The molecule has 0 radical (unpaired) electrons. The first-order valence-corrected chi connectivity index (χ1v) is 18.5. The summed E-state index contributed by atoms with van der Waals surface area (Å²) in [4.78, 5) is 46.3. The first-order chi connectivity index (χ1) is 20.6. The van der Waals surface area contributed by atoms with Gasteiger partial charge in [0.1, 0.15) is 11.4 Å². The third kappa shape index (κ3) is 14.0. The molecule has 4 aliphatic rings. The standard InChI is InChI=1S/C16H36N.C12H13N3O2.CH6O6P2/c1-5-9-13-17(14-10-6-2,15-11-7-3)16-12-8-4;16-9-7-8(13-1-2-13)12(17)11(15-5-6-15)10(9)14-3-4-14;2-8(3)6-1-7-9(4)5/h5-16H2,1-4H3;7H,1-6H2;8-9H,1H2,(H,2,3)(H,4,5)/q+1;;. The summed E-state index contributed by atoms with van der Waals surface area (Å²) in [5.41, 5.74) is 1.89. The Morgan fingerprint density at radius 3 is 1.37 bits per heavy atom. The molecule has 0 aromatic carbocycles. The van der Waals surface area contributed by atoms with Crippen LogP contribution < -0.4 is 0 Å². The SMILES string of the molecule is CCCC[N+](CCCC)(CCCC)CCCC.O=C1C=C(N2CC2)C(=O)C(N2CC2)=C1N1CC1.O=[PH](O)OCO[PH](=O)O. The van der Waals surface area contributed by atoms with Crippen LogP contribution >= 0.6 is 16.5 Å². The summed E-state index contributed by atoms with van der Waals surface area (Å²) in [6.07, 6.45) is 12.6. The smallest absolute Gasteiger partial charge is 0.318 e. The highest BCUT2D eigenvalue weighted by molar-refractivity contribution is 7.32. The minimum atomic E-state index is -3.04. The molecule has 0 bridgehead atoms. The van der Waals surface area contributed by atoms with E-state index in [1.54, 1.807) is 0 Å². The second-order valence-electron chi connectivity index (χ2n) is 11.5. The van der Waals surface area contributed by atoms with E-state index in [-0.39, 0.29) is 11.6 Å². The van der Waals surface area contributed by atoms with Crippen molar-refractivity contribution in [2.75, 3.05) is 72.2 Å². The van der Waals surface area contributed by atoms with E-state index in [2.05, 4.69) is 36.7 Å². The molecule has 3 heterocycles. The molecule has 0 amide bonds. The number of hydrogen-bond donors (Lipinski definition) is 2. The highest BCUT2D eigenvalue weighted by Crippen LogP contribution is 2.34. The van der Waals surface area contributed by atoms with Crippen LogP contribution in [0, 0.1) is 0 Å². The molecule has 12 nitrogen and oxygen atoms in total. The highest BCUT2D eigenvalue weighted by Gasteiger charge is 2.43. The summed E-state index contributed by atoms with van der Waals surface area (Å²) in [5.74, 6) is 0.0485. The summed E-state index contributed by atoms with van der Waals surface area (Å²) in [7, 11) is -6.08. The van der Waals surface area contributed by atoms with Crippen molar-refractivity contribution in [1.29, 1.82) is 0 Å². The Labute approximate surface area is 259 Å². The van der Waals surface area contributed by atoms with Gasteiger partial charge in [-0.1, -0.05) is 53.4 Å². The van der Waals surface area contributed by atoms with Crippen LogP contribution in [-0.4, -0.2) is 113 Å². The number of allylic oxidation sites excluding steroid dienone is 1. The second kappa shape index (κ2) is 19.8. The first-order valence-electron chi connectivity index (χ1n) is 16.0. The lowest BCUT2D eigenvalue weighted by atomic mass is 10.0. The number of hydrogen-bond acceptors (Lipinski definition) is 9. The van der Waals surface area contributed by atoms with Crippen molar-refractivity contribution in [1.82, 2.24) is 14.7 Å². The number of carbonyl (C=O) groups excluding carboxylic acids is 2. The van der Waals surface area contributed by atoms with Gasteiger partial charge in [0.15, 0.2) is 6.79 Å². The fourth-order valence-electron chi connectivity index (χ4n) is 5.05. The molecule has 0 aromatic heterocycles. The molecule has 2 N–H and O–H groups in total. The summed E-state index contributed by atoms with van der Waals surface area (Å²) in [5, 5.41) is 0. The van der Waals surface area contributed by atoms with Gasteiger partial charge in [0, 0.05) is 45.3 Å². The average Bonchev–Trinajstić information content (AvgIpc) is 3.82. The molecule has 0 saturated carbocycles. The van der Waals surface area contributed by atoms with Crippen molar-refractivity contribution < 1.29 is 42.0 Å². The van der Waals surface area contributed by atoms with Crippen LogP contribution in [0.4, 0.5) is 0 Å². The molecule has 3 aliphatic heterocycles. The predicted octanol–water partition coefficient (Wildman–Crippen LogP) is 3.93. The van der Waals surface area contributed by atoms with Gasteiger partial charge < -0.3 is 29.0 Å². The fourth-order valence-corrected chi connectivity index (χ4v) is 5.49. The van der Waals surface area contributed by atoms with Gasteiger partial charge in [-0.15, -0.1) is 0 Å². The summed E-state index contributed by atoms with van der Waals surface area (Å²) >= 11 is 0. The van der Waals surface area contributed by atoms with E-state index in [4.69, 9.17) is 9.79 Å². The molecule has 14 heteroatoms. The van der Waals surface area contributed by atoms with E-state index < -0.39 is 23.3 Å². The summed E-state index contributed by atoms with van der Waals surface area (Å²) in [6, 6.07) is 0. The highest BCUT2D eigenvalue weighted by atomic mass is 31.1. The van der Waals surface area contributed by atoms with E-state index in [1.165, 1.54) is 88.1 Å². The van der Waals surface area contributed by atoms with E-state index in [0.717, 1.165) is 39.3 Å². The van der Waals surface area contributed by atoms with Gasteiger partial charge in [-0.2, -0.15) is 0 Å². The van der Waals surface area contributed by atoms with E-state index >= 15 is 0 Å². The van der Waals surface area contributed by atoms with Crippen LogP contribution in [0.2, 0.25) is 0 Å². The maximum absolute atomic E-state index is 12.4. The van der Waals surface area contributed by atoms with Crippen molar-refractivity contribution in [2.24, 2.45) is 0 Å². The average molecular weight is 650 g/mol. The molecule has 2 atom stereocenters. The number of nitrogens with zero attached hydrogens (tertiary/aromatic N) is 4. The van der Waals surface area contributed by atoms with Gasteiger partial charge in [-0.05, 0) is 25.7 Å². The zero-order chi connectivity index (χ0) is 31.8. The summed E-state index contributed by atoms with van der Waals surface area (Å²) in [6.45, 7) is 19.8. The monoisotopic (exact) mass is 649 g/mol. The number of quaternary nitrogens is 1. The Morgan fingerprint density at radius 1 is 0.674 bits per heavy atom. The fraction of sp³-hybridized carbons (Fsp3) is 0.793. The number of unbranched alkanes of at least 4 members (excludes halogenated alkanes) is 4. The van der Waals surface area contributed by atoms with Gasteiger partial charge in [-0.3, -0.25) is 27.8 Å². The molecular formula is C29H55N4O8P2+. The van der Waals surface area contributed by atoms with Crippen LogP contribution in [0.3, 0.4) is 0 Å². The third-order valence-corrected chi connectivity index (χ3v) is 8.53. The maximum Gasteiger partial charge on any atom is 0.318 e. The molecule has 0 spiro atoms. The van der Waals surface area contributed by atoms with E-state index in [0.29, 0.717) is 17.1 Å². The summed E-state index contributed by atoms with van der Waals surface area (Å²) < 4.78 is 28.6. The number of rotatable bonds is 19. The Hall–Kier alpha value is -1.52. The number of Topliss-reactive ketones (excluding diaryl/α,β-unsaturated/α-hetero) is 1. The zero-order valence-electron chi connectivity index (χ0n) is 26.6. The van der Waals surface area contributed by atoms with Crippen LogP contribution in [0.5, 0.6) is 0 Å². The number of ketones is 2. The van der Waals surface area contributed by atoms with Crippen molar-refractivity contribution in [2.45, 2.75) is 79.1 Å². The van der Waals surface area contributed by atoms with Crippen molar-refractivity contribution in [3.63, 3.8) is 0 Å². The van der Waals surface area contributed by atoms with E-state index in [9.17, 15) is 18.7 Å². The van der Waals surface area contributed by atoms with Crippen molar-refractivity contribution >= 4 is 28.1 Å². The first kappa shape index (κ1) is 37.7. The topological polar surface area (TPSA) is 136 Å². The largest absolute Gasteiger partial charge is 0.365 e. The van der Waals surface area contributed by atoms with Gasteiger partial charge in [0.25, 0.3) is 0 Å². The second-order valence-corrected chi connectivity index (χ2v) is 13.1. The van der Waals surface area contributed by atoms with Gasteiger partial charge in [0.2, 0.25) is 11.6 Å². The molecule has 2 unspecified atom stereocenters. The lowest BCUT2D eigenvalue weighted by molar-refractivity contribution is -0.929. The Kier molecular flexibility index (Phi) is 17.3. The molecule has 3 fully saturated rings. The lowest BCUT2D eigenvalue weighted by Gasteiger charge is -2.39. The van der Waals surface area contributed by atoms with E-state index in [1.807, 2.05) is 14.7 Å². The minimum absolute atomic E-state index is 0.00546. The van der Waals surface area contributed by atoms with Gasteiger partial charge >= 0.3 is 16.5 Å². The molecule has 3 saturated heterocycles. The Balaban J connectivity index is 0.000000238. The Morgan fingerprint density at radius 2 is 1.05 bits per heavy atom. The molecule has 0 aromatic rings.